The van der Waals surface area contributed by atoms with Gasteiger partial charge in [-0.25, -0.2) is 9.59 Å². The van der Waals surface area contributed by atoms with E-state index in [0.717, 1.165) is 38.5 Å². The molecule has 3 fully saturated rings. The monoisotopic (exact) mass is 346 g/mol. The molecular weight excluding hydrogens is 324 g/mol. The lowest BCUT2D eigenvalue weighted by Gasteiger charge is -2.39. The summed E-state index contributed by atoms with van der Waals surface area (Å²) in [6, 6.07) is 0. The Hall–Kier alpha value is -0.850. The van der Waals surface area contributed by atoms with Crippen LogP contribution in [0.1, 0.15) is 38.5 Å². The number of rotatable bonds is 3. The van der Waals surface area contributed by atoms with Crippen LogP contribution in [0.2, 0.25) is 0 Å². The third-order valence-corrected chi connectivity index (χ3v) is 6.56. The highest BCUT2D eigenvalue weighted by atomic mass is 35.5. The lowest BCUT2D eigenvalue weighted by atomic mass is 9.75. The molecule has 0 aromatic heterocycles. The van der Waals surface area contributed by atoms with E-state index in [4.69, 9.17) is 30.5 Å². The fourth-order valence-electron chi connectivity index (χ4n) is 5.02. The van der Waals surface area contributed by atoms with Crippen LogP contribution in [0.15, 0.2) is 0 Å². The van der Waals surface area contributed by atoms with Gasteiger partial charge in [-0.15, -0.1) is 11.6 Å². The minimum Gasteiger partial charge on any atom is -0.466 e. The van der Waals surface area contributed by atoms with Crippen LogP contribution in [-0.2, 0) is 28.5 Å². The van der Waals surface area contributed by atoms with Gasteiger partial charge >= 0.3 is 11.9 Å². The van der Waals surface area contributed by atoms with Crippen molar-refractivity contribution in [3.8, 4) is 0 Å². The van der Waals surface area contributed by atoms with Gasteiger partial charge in [-0.3, -0.25) is 0 Å². The average Bonchev–Trinajstić information content (AvgIpc) is 2.82. The van der Waals surface area contributed by atoms with Crippen molar-refractivity contribution in [1.82, 2.24) is 0 Å². The molecule has 130 valence electrons. The SMILES string of the molecule is COC(=O)[C@@]12OC(=O)[C@@](Cl)([C@H]3CCCCCC[C@H]31)C2(OC)OC. The highest BCUT2D eigenvalue weighted by Gasteiger charge is 2.90. The highest BCUT2D eigenvalue weighted by molar-refractivity contribution is 6.37. The topological polar surface area (TPSA) is 71.1 Å². The van der Waals surface area contributed by atoms with Crippen molar-refractivity contribution in [3.05, 3.63) is 0 Å². The molecule has 2 bridgehead atoms. The van der Waals surface area contributed by atoms with Crippen LogP contribution in [-0.4, -0.2) is 49.5 Å². The maximum Gasteiger partial charge on any atom is 0.356 e. The highest BCUT2D eigenvalue weighted by Crippen LogP contribution is 2.68. The smallest absolute Gasteiger partial charge is 0.356 e. The van der Waals surface area contributed by atoms with Crippen molar-refractivity contribution in [3.63, 3.8) is 0 Å². The number of ether oxygens (including phenoxy) is 4. The van der Waals surface area contributed by atoms with Crippen LogP contribution in [0.5, 0.6) is 0 Å². The zero-order chi connectivity index (χ0) is 16.9. The molecule has 1 aliphatic heterocycles. The van der Waals surface area contributed by atoms with Gasteiger partial charge < -0.3 is 18.9 Å². The first-order valence-corrected chi connectivity index (χ1v) is 8.45. The number of hydrogen-bond donors (Lipinski definition) is 0. The summed E-state index contributed by atoms with van der Waals surface area (Å²) in [4.78, 5) is 23.9. The van der Waals surface area contributed by atoms with Crippen molar-refractivity contribution >= 4 is 23.5 Å². The van der Waals surface area contributed by atoms with Crippen LogP contribution < -0.4 is 0 Å². The van der Waals surface area contributed by atoms with Gasteiger partial charge in [-0.05, 0) is 12.8 Å². The van der Waals surface area contributed by atoms with E-state index in [1.165, 1.54) is 21.3 Å². The Morgan fingerprint density at radius 3 is 2.17 bits per heavy atom. The summed E-state index contributed by atoms with van der Waals surface area (Å²) in [5, 5.41) is 0. The van der Waals surface area contributed by atoms with Crippen LogP contribution >= 0.6 is 11.6 Å². The minimum atomic E-state index is -1.68. The Morgan fingerprint density at radius 1 is 1.09 bits per heavy atom. The van der Waals surface area contributed by atoms with Gasteiger partial charge in [0.05, 0.1) is 7.11 Å². The molecule has 0 unspecified atom stereocenters. The third kappa shape index (κ3) is 1.72. The number of hydrogen-bond acceptors (Lipinski definition) is 6. The predicted octanol–water partition coefficient (Wildman–Crippen LogP) is 2.02. The van der Waals surface area contributed by atoms with E-state index >= 15 is 0 Å². The largest absolute Gasteiger partial charge is 0.466 e. The van der Waals surface area contributed by atoms with E-state index in [0.29, 0.717) is 0 Å². The zero-order valence-corrected chi connectivity index (χ0v) is 14.5. The Kier molecular flexibility index (Phi) is 4.14. The Morgan fingerprint density at radius 2 is 1.65 bits per heavy atom. The molecule has 3 rings (SSSR count). The Balaban J connectivity index is 2.23. The van der Waals surface area contributed by atoms with Crippen molar-refractivity contribution < 1.29 is 28.5 Å². The summed E-state index contributed by atoms with van der Waals surface area (Å²) in [5.41, 5.74) is -1.65. The quantitative estimate of drug-likeness (QED) is 0.442. The number of esters is 2. The number of carbonyl (C=O) groups is 2. The average molecular weight is 347 g/mol. The number of carbonyl (C=O) groups excluding carboxylic acids is 2. The number of alkyl halides is 1. The maximum absolute atomic E-state index is 12.7. The van der Waals surface area contributed by atoms with Gasteiger partial charge in [0.2, 0.25) is 4.87 Å². The van der Waals surface area contributed by atoms with E-state index in [2.05, 4.69) is 0 Å². The maximum atomic E-state index is 12.7. The molecule has 0 radical (unpaired) electrons. The molecular formula is C16H23ClO6. The van der Waals surface area contributed by atoms with Gasteiger partial charge in [-0.2, -0.15) is 0 Å². The molecule has 2 aliphatic carbocycles. The second-order valence-electron chi connectivity index (χ2n) is 6.56. The summed E-state index contributed by atoms with van der Waals surface area (Å²) in [7, 11) is 4.05. The number of halogens is 1. The number of methoxy groups -OCH3 is 3. The van der Waals surface area contributed by atoms with E-state index < -0.39 is 28.2 Å². The fourth-order valence-corrected chi connectivity index (χ4v) is 5.61. The van der Waals surface area contributed by atoms with Gasteiger partial charge in [0.25, 0.3) is 11.4 Å². The first kappa shape index (κ1) is 17.0. The van der Waals surface area contributed by atoms with Crippen molar-refractivity contribution in [2.24, 2.45) is 11.8 Å². The van der Waals surface area contributed by atoms with Crippen molar-refractivity contribution in [2.45, 2.75) is 54.8 Å². The second-order valence-corrected chi connectivity index (χ2v) is 7.15. The summed E-state index contributed by atoms with van der Waals surface area (Å²) in [6.45, 7) is 0. The molecule has 6 nitrogen and oxygen atoms in total. The van der Waals surface area contributed by atoms with Crippen molar-refractivity contribution in [1.29, 1.82) is 0 Å². The second kappa shape index (κ2) is 5.60. The molecule has 1 heterocycles. The third-order valence-electron chi connectivity index (χ3n) is 5.88. The first-order valence-electron chi connectivity index (χ1n) is 8.07. The molecule has 4 atom stereocenters. The molecule has 1 saturated heterocycles. The van der Waals surface area contributed by atoms with Gasteiger partial charge in [0.15, 0.2) is 0 Å². The van der Waals surface area contributed by atoms with Crippen LogP contribution in [0.3, 0.4) is 0 Å². The zero-order valence-electron chi connectivity index (χ0n) is 13.7. The molecule has 0 aromatic rings. The molecule has 3 aliphatic rings. The molecule has 0 spiro atoms. The Labute approximate surface area is 140 Å². The summed E-state index contributed by atoms with van der Waals surface area (Å²) >= 11 is 6.83. The van der Waals surface area contributed by atoms with Gasteiger partial charge in [0.1, 0.15) is 0 Å². The number of fused-ring (bicyclic) bond motifs is 5. The standard InChI is InChI=1S/C16H23ClO6/c1-20-13(19)15-11-9-7-5-4-6-8-10(11)14(17,12(18)23-15)16(15,21-2)22-3/h10-11H,4-9H2,1-3H3/t10-,11+,14-,15-/m0/s1. The van der Waals surface area contributed by atoms with Gasteiger partial charge in [0, 0.05) is 26.1 Å². The normalized spacial score (nSPS) is 41.7. The lowest BCUT2D eigenvalue weighted by Crippen LogP contribution is -2.63. The van der Waals surface area contributed by atoms with Crippen LogP contribution in [0.4, 0.5) is 0 Å². The molecule has 0 N–H and O–H groups in total. The molecule has 23 heavy (non-hydrogen) atoms. The van der Waals surface area contributed by atoms with E-state index in [-0.39, 0.29) is 11.8 Å². The van der Waals surface area contributed by atoms with E-state index in [1.807, 2.05) is 0 Å². The predicted molar refractivity (Wildman–Crippen MR) is 80.9 cm³/mol. The van der Waals surface area contributed by atoms with Crippen molar-refractivity contribution in [2.75, 3.05) is 21.3 Å². The molecule has 7 heteroatoms. The summed E-state index contributed by atoms with van der Waals surface area (Å²) in [5.74, 6) is -3.51. The Bertz CT molecular complexity index is 519. The van der Waals surface area contributed by atoms with Crippen LogP contribution in [0.25, 0.3) is 0 Å². The van der Waals surface area contributed by atoms with Gasteiger partial charge in [-0.1, -0.05) is 25.7 Å². The molecule has 0 amide bonds. The fraction of sp³-hybridized carbons (Fsp3) is 0.875. The minimum absolute atomic E-state index is 0.246. The molecule has 0 aromatic carbocycles. The van der Waals surface area contributed by atoms with E-state index in [1.54, 1.807) is 0 Å². The van der Waals surface area contributed by atoms with E-state index in [9.17, 15) is 9.59 Å². The van der Waals surface area contributed by atoms with Crippen LogP contribution in [0, 0.1) is 11.8 Å². The first-order chi connectivity index (χ1) is 11.0. The summed E-state index contributed by atoms with van der Waals surface area (Å²) in [6.07, 6.45) is 5.50. The molecule has 2 saturated carbocycles. The lowest BCUT2D eigenvalue weighted by molar-refractivity contribution is -0.274. The summed E-state index contributed by atoms with van der Waals surface area (Å²) < 4.78 is 21.8.